The maximum Gasteiger partial charge on any atom is 0.0247 e. The Morgan fingerprint density at radius 2 is 1.94 bits per heavy atom. The van der Waals surface area contributed by atoms with Crippen molar-refractivity contribution in [3.63, 3.8) is 0 Å². The number of alkyl halides is 1. The number of allylic oxidation sites excluding steroid dienone is 1. The fraction of sp³-hybridized carbons (Fsp3) is 0.467. The van der Waals surface area contributed by atoms with Crippen LogP contribution in [-0.4, -0.2) is 5.33 Å². The highest BCUT2D eigenvalue weighted by atomic mass is 79.9. The predicted octanol–water partition coefficient (Wildman–Crippen LogP) is 5.00. The quantitative estimate of drug-likeness (QED) is 0.680. The first kappa shape index (κ1) is 11.9. The molecule has 0 spiro atoms. The molecule has 1 aromatic rings. The molecular weight excluding hydrogens is 260 g/mol. The number of halogens is 1. The van der Waals surface area contributed by atoms with Gasteiger partial charge in [0.1, 0.15) is 0 Å². The average Bonchev–Trinajstić information content (AvgIpc) is 3.10. The lowest BCUT2D eigenvalue weighted by molar-refractivity contribution is 0.781. The van der Waals surface area contributed by atoms with E-state index in [1.54, 1.807) is 0 Å². The molecule has 0 unspecified atom stereocenters. The molecule has 86 valence electrons. The first-order valence-corrected chi connectivity index (χ1v) is 7.19. The fourth-order valence-electron chi connectivity index (χ4n) is 1.85. The number of benzene rings is 1. The topological polar surface area (TPSA) is 0 Å². The summed E-state index contributed by atoms with van der Waals surface area (Å²) < 4.78 is 0. The van der Waals surface area contributed by atoms with Crippen molar-refractivity contribution < 1.29 is 0 Å². The minimum absolute atomic E-state index is 0.613. The monoisotopic (exact) mass is 278 g/mol. The third-order valence-electron chi connectivity index (χ3n) is 3.23. The third kappa shape index (κ3) is 2.98. The van der Waals surface area contributed by atoms with Crippen LogP contribution in [0.4, 0.5) is 0 Å². The highest BCUT2D eigenvalue weighted by Gasteiger charge is 2.22. The normalized spacial score (nSPS) is 16.9. The van der Waals surface area contributed by atoms with Crippen molar-refractivity contribution in [2.45, 2.75) is 32.6 Å². The van der Waals surface area contributed by atoms with E-state index in [1.165, 1.54) is 29.5 Å². The van der Waals surface area contributed by atoms with Crippen molar-refractivity contribution >= 4 is 22.0 Å². The third-order valence-corrected chi connectivity index (χ3v) is 3.88. The smallest absolute Gasteiger partial charge is 0.0247 e. The molecule has 1 aliphatic rings. The van der Waals surface area contributed by atoms with Crippen LogP contribution in [0.15, 0.2) is 29.8 Å². The van der Waals surface area contributed by atoms with E-state index >= 15 is 0 Å². The maximum absolute atomic E-state index is 3.55. The zero-order valence-corrected chi connectivity index (χ0v) is 11.6. The summed E-state index contributed by atoms with van der Waals surface area (Å²) in [6, 6.07) is 9.07. The van der Waals surface area contributed by atoms with E-state index in [1.807, 2.05) is 0 Å². The summed E-state index contributed by atoms with van der Waals surface area (Å²) in [6.07, 6.45) is 5.07. The summed E-state index contributed by atoms with van der Waals surface area (Å²) >= 11 is 3.55. The summed E-state index contributed by atoms with van der Waals surface area (Å²) in [5, 5.41) is 0.967. The van der Waals surface area contributed by atoms with Crippen LogP contribution in [0.2, 0.25) is 0 Å². The predicted molar refractivity (Wildman–Crippen MR) is 75.0 cm³/mol. The minimum Gasteiger partial charge on any atom is -0.0880 e. The molecule has 16 heavy (non-hydrogen) atoms. The lowest BCUT2D eigenvalue weighted by atomic mass is 10.0. The number of hydrogen-bond acceptors (Lipinski definition) is 0. The molecule has 0 atom stereocenters. The van der Waals surface area contributed by atoms with E-state index in [4.69, 9.17) is 0 Å². The first-order chi connectivity index (χ1) is 7.70. The molecule has 1 aliphatic carbocycles. The van der Waals surface area contributed by atoms with Gasteiger partial charge >= 0.3 is 0 Å². The van der Waals surface area contributed by atoms with E-state index in [-0.39, 0.29) is 0 Å². The van der Waals surface area contributed by atoms with E-state index in [9.17, 15) is 0 Å². The Balaban J connectivity index is 2.14. The molecule has 0 amide bonds. The van der Waals surface area contributed by atoms with Crippen molar-refractivity contribution in [1.29, 1.82) is 0 Å². The van der Waals surface area contributed by atoms with Gasteiger partial charge in [0.25, 0.3) is 0 Å². The second kappa shape index (κ2) is 5.18. The van der Waals surface area contributed by atoms with Crippen molar-refractivity contribution in [3.8, 4) is 0 Å². The van der Waals surface area contributed by atoms with Gasteiger partial charge in [0.2, 0.25) is 0 Å². The van der Waals surface area contributed by atoms with E-state index in [0.29, 0.717) is 5.92 Å². The first-order valence-electron chi connectivity index (χ1n) is 6.07. The van der Waals surface area contributed by atoms with Gasteiger partial charge in [0.05, 0.1) is 0 Å². The number of rotatable bonds is 4. The molecule has 0 nitrogen and oxygen atoms in total. The van der Waals surface area contributed by atoms with Crippen molar-refractivity contribution in [3.05, 3.63) is 41.0 Å². The fourth-order valence-corrected chi connectivity index (χ4v) is 2.66. The molecule has 0 aromatic heterocycles. The summed E-state index contributed by atoms with van der Waals surface area (Å²) in [4.78, 5) is 0. The molecule has 1 saturated carbocycles. The lowest BCUT2D eigenvalue weighted by Gasteiger charge is -2.08. The molecule has 1 heteroatoms. The Morgan fingerprint density at radius 1 is 1.31 bits per heavy atom. The Labute approximate surface area is 107 Å². The molecule has 1 fully saturated rings. The second-order valence-electron chi connectivity index (χ2n) is 4.95. The molecule has 0 heterocycles. The molecule has 0 bridgehead atoms. The van der Waals surface area contributed by atoms with Crippen LogP contribution in [0.25, 0.3) is 6.08 Å². The van der Waals surface area contributed by atoms with Crippen LogP contribution in [-0.2, 0) is 0 Å². The average molecular weight is 279 g/mol. The van der Waals surface area contributed by atoms with Gasteiger partial charge in [0, 0.05) is 5.33 Å². The van der Waals surface area contributed by atoms with Gasteiger partial charge in [-0.15, -0.1) is 0 Å². The SMILES string of the molecule is CC(C)C(=Cc1ccc(C2CC2)cc1)CBr. The van der Waals surface area contributed by atoms with Crippen LogP contribution in [0.5, 0.6) is 0 Å². The van der Waals surface area contributed by atoms with Crippen LogP contribution in [0.1, 0.15) is 43.7 Å². The highest BCUT2D eigenvalue weighted by Crippen LogP contribution is 2.40. The molecule has 1 aromatic carbocycles. The van der Waals surface area contributed by atoms with Crippen molar-refractivity contribution in [1.82, 2.24) is 0 Å². The van der Waals surface area contributed by atoms with Gasteiger partial charge in [0.15, 0.2) is 0 Å². The van der Waals surface area contributed by atoms with Crippen molar-refractivity contribution in [2.24, 2.45) is 5.92 Å². The zero-order chi connectivity index (χ0) is 11.5. The molecule has 2 rings (SSSR count). The molecule has 0 radical (unpaired) electrons. The highest BCUT2D eigenvalue weighted by molar-refractivity contribution is 9.09. The van der Waals surface area contributed by atoms with Crippen LogP contribution in [0.3, 0.4) is 0 Å². The van der Waals surface area contributed by atoms with Gasteiger partial charge < -0.3 is 0 Å². The second-order valence-corrected chi connectivity index (χ2v) is 5.51. The van der Waals surface area contributed by atoms with E-state index in [0.717, 1.165) is 11.2 Å². The lowest BCUT2D eigenvalue weighted by Crippen LogP contribution is -1.94. The van der Waals surface area contributed by atoms with E-state index in [2.05, 4.69) is 60.1 Å². The summed E-state index contributed by atoms with van der Waals surface area (Å²) in [5.74, 6) is 1.47. The van der Waals surface area contributed by atoms with Crippen LogP contribution < -0.4 is 0 Å². The van der Waals surface area contributed by atoms with Crippen LogP contribution >= 0.6 is 15.9 Å². The van der Waals surface area contributed by atoms with E-state index < -0.39 is 0 Å². The maximum atomic E-state index is 3.55. The van der Waals surface area contributed by atoms with Crippen molar-refractivity contribution in [2.75, 3.05) is 5.33 Å². The molecule has 0 saturated heterocycles. The molecular formula is C15H19Br. The van der Waals surface area contributed by atoms with Gasteiger partial charge in [-0.1, -0.05) is 65.7 Å². The molecule has 0 N–H and O–H groups in total. The largest absolute Gasteiger partial charge is 0.0880 e. The number of hydrogen-bond donors (Lipinski definition) is 0. The summed E-state index contributed by atoms with van der Waals surface area (Å²) in [7, 11) is 0. The Bertz CT molecular complexity index is 369. The van der Waals surface area contributed by atoms with Gasteiger partial charge in [-0.2, -0.15) is 0 Å². The standard InChI is InChI=1S/C15H19Br/c1-11(2)15(10-16)9-12-3-5-13(6-4-12)14-7-8-14/h3-6,9,11,14H,7-8,10H2,1-2H3. The Hall–Kier alpha value is -0.560. The molecule has 0 aliphatic heterocycles. The van der Waals surface area contributed by atoms with Gasteiger partial charge in [-0.25, -0.2) is 0 Å². The Morgan fingerprint density at radius 3 is 2.38 bits per heavy atom. The van der Waals surface area contributed by atoms with Gasteiger partial charge in [-0.05, 0) is 35.8 Å². The minimum atomic E-state index is 0.613. The Kier molecular flexibility index (Phi) is 3.86. The van der Waals surface area contributed by atoms with Crippen LogP contribution in [0, 0.1) is 5.92 Å². The van der Waals surface area contributed by atoms with Gasteiger partial charge in [-0.3, -0.25) is 0 Å². The summed E-state index contributed by atoms with van der Waals surface area (Å²) in [6.45, 7) is 4.48. The summed E-state index contributed by atoms with van der Waals surface area (Å²) in [5.41, 5.74) is 4.30. The zero-order valence-electron chi connectivity index (χ0n) is 10.0.